The monoisotopic (exact) mass is 435 g/mol. The Labute approximate surface area is 180 Å². The van der Waals surface area contributed by atoms with Gasteiger partial charge in [0.1, 0.15) is 10.6 Å². The Morgan fingerprint density at radius 1 is 0.968 bits per heavy atom. The molecule has 3 aromatic carbocycles. The highest BCUT2D eigenvalue weighted by atomic mass is 32.2. The molecule has 7 nitrogen and oxygen atoms in total. The summed E-state index contributed by atoms with van der Waals surface area (Å²) in [7, 11) is -3.69. The van der Waals surface area contributed by atoms with Crippen LogP contribution in [-0.2, 0) is 10.0 Å². The molecule has 1 amide bonds. The molecule has 0 unspecified atom stereocenters. The summed E-state index contributed by atoms with van der Waals surface area (Å²) in [6, 6.07) is 20.6. The zero-order chi connectivity index (χ0) is 21.8. The molecule has 8 heteroatoms. The van der Waals surface area contributed by atoms with Gasteiger partial charge in [-0.25, -0.2) is 0 Å². The second kappa shape index (κ2) is 8.61. The van der Waals surface area contributed by atoms with Crippen molar-refractivity contribution in [3.63, 3.8) is 0 Å². The van der Waals surface area contributed by atoms with Gasteiger partial charge < -0.3 is 15.4 Å². The molecule has 0 aliphatic carbocycles. The van der Waals surface area contributed by atoms with Gasteiger partial charge >= 0.3 is 0 Å². The van der Waals surface area contributed by atoms with Gasteiger partial charge in [-0.15, -0.1) is 4.40 Å². The van der Waals surface area contributed by atoms with Crippen LogP contribution < -0.4 is 15.4 Å². The topological polar surface area (TPSA) is 96.9 Å². The number of carbonyl (C=O) groups is 1. The van der Waals surface area contributed by atoms with Gasteiger partial charge in [0, 0.05) is 16.8 Å². The third-order valence-electron chi connectivity index (χ3n) is 4.64. The molecule has 158 valence electrons. The number of benzene rings is 3. The minimum atomic E-state index is -3.69. The van der Waals surface area contributed by atoms with Crippen LogP contribution in [-0.4, -0.2) is 26.8 Å². The van der Waals surface area contributed by atoms with E-state index in [1.807, 2.05) is 25.1 Å². The van der Waals surface area contributed by atoms with Crippen molar-refractivity contribution in [3.05, 3.63) is 83.9 Å². The lowest BCUT2D eigenvalue weighted by atomic mass is 10.1. The lowest BCUT2D eigenvalue weighted by Crippen LogP contribution is -2.14. The summed E-state index contributed by atoms with van der Waals surface area (Å²) in [6.45, 7) is 2.58. The van der Waals surface area contributed by atoms with E-state index in [0.717, 1.165) is 6.42 Å². The number of hydrogen-bond donors (Lipinski definition) is 2. The van der Waals surface area contributed by atoms with Crippen LogP contribution in [0.3, 0.4) is 0 Å². The van der Waals surface area contributed by atoms with E-state index in [1.165, 1.54) is 6.07 Å². The first kappa shape index (κ1) is 20.6. The van der Waals surface area contributed by atoms with Gasteiger partial charge in [-0.05, 0) is 55.0 Å². The SMILES string of the molecule is CCCOc1ccccc1NC(=O)c1ccc(NC2=NS(=O)(=O)c3ccccc32)cc1. The molecule has 0 spiro atoms. The number of ether oxygens (including phenoxy) is 1. The molecule has 4 rings (SSSR count). The predicted molar refractivity (Wildman–Crippen MR) is 120 cm³/mol. The summed E-state index contributed by atoms with van der Waals surface area (Å²) in [6.07, 6.45) is 0.869. The van der Waals surface area contributed by atoms with Crippen LogP contribution in [0.5, 0.6) is 5.75 Å². The normalized spacial score (nSPS) is 13.8. The van der Waals surface area contributed by atoms with E-state index >= 15 is 0 Å². The molecule has 0 aromatic heterocycles. The smallest absolute Gasteiger partial charge is 0.285 e. The molecule has 1 aliphatic rings. The quantitative estimate of drug-likeness (QED) is 0.602. The van der Waals surface area contributed by atoms with E-state index in [-0.39, 0.29) is 16.6 Å². The number of fused-ring (bicyclic) bond motifs is 1. The van der Waals surface area contributed by atoms with Crippen molar-refractivity contribution in [2.45, 2.75) is 18.2 Å². The van der Waals surface area contributed by atoms with Crippen LogP contribution in [0.15, 0.2) is 82.1 Å². The number of para-hydroxylation sites is 2. The van der Waals surface area contributed by atoms with Crippen molar-refractivity contribution < 1.29 is 17.9 Å². The van der Waals surface area contributed by atoms with E-state index in [9.17, 15) is 13.2 Å². The van der Waals surface area contributed by atoms with E-state index < -0.39 is 10.0 Å². The Hall–Kier alpha value is -3.65. The van der Waals surface area contributed by atoms with Crippen molar-refractivity contribution in [2.24, 2.45) is 4.40 Å². The van der Waals surface area contributed by atoms with Gasteiger partial charge in [0.25, 0.3) is 15.9 Å². The van der Waals surface area contributed by atoms with Gasteiger partial charge in [-0.2, -0.15) is 8.42 Å². The van der Waals surface area contributed by atoms with Crippen LogP contribution >= 0.6 is 0 Å². The highest BCUT2D eigenvalue weighted by molar-refractivity contribution is 7.90. The molecule has 1 heterocycles. The average Bonchev–Trinajstić information content (AvgIpc) is 3.03. The summed E-state index contributed by atoms with van der Waals surface area (Å²) in [5.74, 6) is 0.607. The van der Waals surface area contributed by atoms with Crippen molar-refractivity contribution in [3.8, 4) is 5.75 Å². The van der Waals surface area contributed by atoms with Gasteiger partial charge in [-0.3, -0.25) is 4.79 Å². The van der Waals surface area contributed by atoms with E-state index in [2.05, 4.69) is 15.0 Å². The maximum absolute atomic E-state index is 12.7. The molecule has 0 saturated carbocycles. The standard InChI is InChI=1S/C23H21N3O4S/c1-2-15-30-20-9-5-4-8-19(20)25-23(27)16-11-13-17(14-12-16)24-22-18-7-3-6-10-21(18)31(28,29)26-22/h3-14H,2,15H2,1H3,(H,24,26)(H,25,27). The van der Waals surface area contributed by atoms with E-state index in [1.54, 1.807) is 48.5 Å². The average molecular weight is 436 g/mol. The minimum Gasteiger partial charge on any atom is -0.491 e. The molecule has 2 N–H and O–H groups in total. The highest BCUT2D eigenvalue weighted by Gasteiger charge is 2.28. The Morgan fingerprint density at radius 3 is 2.45 bits per heavy atom. The van der Waals surface area contributed by atoms with Gasteiger partial charge in [0.2, 0.25) is 0 Å². The predicted octanol–water partition coefficient (Wildman–Crippen LogP) is 4.29. The molecule has 31 heavy (non-hydrogen) atoms. The number of nitrogens with zero attached hydrogens (tertiary/aromatic N) is 1. The van der Waals surface area contributed by atoms with Crippen molar-refractivity contribution in [2.75, 3.05) is 17.2 Å². The van der Waals surface area contributed by atoms with Crippen LogP contribution in [0, 0.1) is 0 Å². The van der Waals surface area contributed by atoms with Crippen LogP contribution in [0.4, 0.5) is 11.4 Å². The summed E-state index contributed by atoms with van der Waals surface area (Å²) >= 11 is 0. The Kier molecular flexibility index (Phi) is 5.73. The molecule has 0 saturated heterocycles. The Balaban J connectivity index is 1.48. The first-order valence-electron chi connectivity index (χ1n) is 9.82. The largest absolute Gasteiger partial charge is 0.491 e. The van der Waals surface area contributed by atoms with E-state index in [0.29, 0.717) is 34.9 Å². The molecule has 3 aromatic rings. The number of nitrogens with one attached hydrogen (secondary N) is 2. The molecule has 1 aliphatic heterocycles. The first-order chi connectivity index (χ1) is 15.0. The lowest BCUT2D eigenvalue weighted by Gasteiger charge is -2.12. The summed E-state index contributed by atoms with van der Waals surface area (Å²) in [4.78, 5) is 12.8. The Bertz CT molecular complexity index is 1250. The van der Waals surface area contributed by atoms with Crippen molar-refractivity contribution in [1.29, 1.82) is 0 Å². The minimum absolute atomic E-state index is 0.178. The number of rotatable bonds is 6. The van der Waals surface area contributed by atoms with Gasteiger partial charge in [-0.1, -0.05) is 31.2 Å². The maximum Gasteiger partial charge on any atom is 0.285 e. The molecule has 0 radical (unpaired) electrons. The number of hydrogen-bond acceptors (Lipinski definition) is 5. The summed E-state index contributed by atoms with van der Waals surface area (Å²) in [5.41, 5.74) is 2.20. The third-order valence-corrected chi connectivity index (χ3v) is 5.97. The van der Waals surface area contributed by atoms with Crippen molar-refractivity contribution >= 4 is 33.1 Å². The fourth-order valence-corrected chi connectivity index (χ4v) is 4.32. The van der Waals surface area contributed by atoms with Gasteiger partial charge in [0.15, 0.2) is 5.84 Å². The van der Waals surface area contributed by atoms with Crippen molar-refractivity contribution in [1.82, 2.24) is 0 Å². The molecule has 0 atom stereocenters. The summed E-state index contributed by atoms with van der Waals surface area (Å²) < 4.78 is 33.8. The second-order valence-corrected chi connectivity index (χ2v) is 8.48. The fourth-order valence-electron chi connectivity index (χ4n) is 3.14. The second-order valence-electron chi connectivity index (χ2n) is 6.91. The zero-order valence-electron chi connectivity index (χ0n) is 16.8. The number of sulfonamides is 1. The number of anilines is 2. The number of amidine groups is 1. The molecular weight excluding hydrogens is 414 g/mol. The highest BCUT2D eigenvalue weighted by Crippen LogP contribution is 2.27. The molecule has 0 fully saturated rings. The first-order valence-corrected chi connectivity index (χ1v) is 11.3. The third kappa shape index (κ3) is 4.44. The van der Waals surface area contributed by atoms with Crippen LogP contribution in [0.25, 0.3) is 0 Å². The Morgan fingerprint density at radius 2 is 1.68 bits per heavy atom. The zero-order valence-corrected chi connectivity index (χ0v) is 17.6. The maximum atomic E-state index is 12.7. The molecule has 0 bridgehead atoms. The van der Waals surface area contributed by atoms with Crippen LogP contribution in [0.1, 0.15) is 29.3 Å². The fraction of sp³-hybridized carbons (Fsp3) is 0.130. The van der Waals surface area contributed by atoms with Gasteiger partial charge in [0.05, 0.1) is 12.3 Å². The van der Waals surface area contributed by atoms with Crippen LogP contribution in [0.2, 0.25) is 0 Å². The number of amides is 1. The number of carbonyl (C=O) groups excluding carboxylic acids is 1. The lowest BCUT2D eigenvalue weighted by molar-refractivity contribution is 0.102. The van der Waals surface area contributed by atoms with E-state index in [4.69, 9.17) is 4.74 Å². The molecular formula is C23H21N3O4S. The summed E-state index contributed by atoms with van der Waals surface area (Å²) in [5, 5.41) is 5.88.